The molecule has 3 aromatic rings. The molecule has 1 unspecified atom stereocenters. The molecule has 3 aromatic heterocycles. The molecule has 35 heavy (non-hydrogen) atoms. The second-order valence-electron chi connectivity index (χ2n) is 9.31. The van der Waals surface area contributed by atoms with E-state index in [2.05, 4.69) is 44.2 Å². The number of amides is 1. The molecule has 0 spiro atoms. The van der Waals surface area contributed by atoms with Crippen molar-refractivity contribution in [3.63, 3.8) is 0 Å². The number of H-pyrrole nitrogens is 1. The maximum atomic E-state index is 13.1. The predicted octanol–water partition coefficient (Wildman–Crippen LogP) is 4.82. The van der Waals surface area contributed by atoms with Gasteiger partial charge in [-0.05, 0) is 67.5 Å². The van der Waals surface area contributed by atoms with Crippen molar-refractivity contribution < 1.29 is 4.79 Å². The van der Waals surface area contributed by atoms with Crippen LogP contribution < -0.4 is 10.3 Å². The van der Waals surface area contributed by atoms with Crippen molar-refractivity contribution >= 4 is 24.0 Å². The van der Waals surface area contributed by atoms with Crippen LogP contribution in [0.5, 0.6) is 0 Å². The third kappa shape index (κ3) is 4.93. The summed E-state index contributed by atoms with van der Waals surface area (Å²) in [6.45, 7) is 5.12. The number of pyridine rings is 1. The number of aryl methyl sites for hydroxylation is 1. The Morgan fingerprint density at radius 3 is 2.69 bits per heavy atom. The molecule has 2 aliphatic rings. The molecule has 1 amide bonds. The molecule has 1 aliphatic heterocycles. The molecule has 8 nitrogen and oxygen atoms in total. The number of aromatic nitrogens is 4. The Morgan fingerprint density at radius 1 is 1.14 bits per heavy atom. The highest BCUT2D eigenvalue weighted by Crippen LogP contribution is 2.40. The number of hydrogen-bond donors (Lipinski definition) is 2. The van der Waals surface area contributed by atoms with Crippen molar-refractivity contribution in [1.82, 2.24) is 25.3 Å². The SMILES string of the molecule is Cc1[nH]c(/C=C2\C=NN(c3cnccn3)C2=O)c(C2CCCCC2)c1C(C)NCc1ccncc1. The van der Waals surface area contributed by atoms with Gasteiger partial charge in [0.15, 0.2) is 5.82 Å². The van der Waals surface area contributed by atoms with E-state index in [1.54, 1.807) is 24.8 Å². The monoisotopic (exact) mass is 469 g/mol. The zero-order chi connectivity index (χ0) is 24.2. The first kappa shape index (κ1) is 23.1. The summed E-state index contributed by atoms with van der Waals surface area (Å²) in [7, 11) is 0. The van der Waals surface area contributed by atoms with Gasteiger partial charge in [-0.3, -0.25) is 14.8 Å². The van der Waals surface area contributed by atoms with Crippen molar-refractivity contribution in [3.8, 4) is 0 Å². The van der Waals surface area contributed by atoms with Crippen LogP contribution in [0, 0.1) is 6.92 Å². The van der Waals surface area contributed by atoms with E-state index in [4.69, 9.17) is 0 Å². The second kappa shape index (κ2) is 10.3. The van der Waals surface area contributed by atoms with E-state index in [-0.39, 0.29) is 11.9 Å². The molecule has 0 bridgehead atoms. The van der Waals surface area contributed by atoms with Crippen LogP contribution in [0.1, 0.15) is 79.1 Å². The molecular weight excluding hydrogens is 438 g/mol. The molecule has 1 aliphatic carbocycles. The van der Waals surface area contributed by atoms with Crippen LogP contribution >= 0.6 is 0 Å². The topological polar surface area (TPSA) is 99.2 Å². The largest absolute Gasteiger partial charge is 0.359 e. The first-order chi connectivity index (χ1) is 17.1. The number of carbonyl (C=O) groups excluding carboxylic acids is 1. The van der Waals surface area contributed by atoms with Crippen molar-refractivity contribution in [1.29, 1.82) is 0 Å². The highest BCUT2D eigenvalue weighted by molar-refractivity contribution is 6.25. The quantitative estimate of drug-likeness (QED) is 0.483. The van der Waals surface area contributed by atoms with E-state index in [9.17, 15) is 4.79 Å². The Labute approximate surface area is 205 Å². The predicted molar refractivity (Wildman–Crippen MR) is 137 cm³/mol. The number of aromatic amines is 1. The minimum atomic E-state index is -0.197. The summed E-state index contributed by atoms with van der Waals surface area (Å²) < 4.78 is 0. The van der Waals surface area contributed by atoms with Crippen molar-refractivity contribution in [2.45, 2.75) is 64.5 Å². The Hall–Kier alpha value is -3.65. The molecule has 1 fully saturated rings. The van der Waals surface area contributed by atoms with Gasteiger partial charge in [0.2, 0.25) is 0 Å². The summed E-state index contributed by atoms with van der Waals surface area (Å²) in [6.07, 6.45) is 18.0. The van der Waals surface area contributed by atoms with E-state index >= 15 is 0 Å². The van der Waals surface area contributed by atoms with Crippen LogP contribution in [0.2, 0.25) is 0 Å². The third-order valence-corrected chi connectivity index (χ3v) is 6.93. The first-order valence-electron chi connectivity index (χ1n) is 12.3. The van der Waals surface area contributed by atoms with Crippen LogP contribution in [0.15, 0.2) is 53.8 Å². The number of nitrogens with zero attached hydrogens (tertiary/aromatic N) is 5. The lowest BCUT2D eigenvalue weighted by Gasteiger charge is -2.26. The number of hydrogen-bond acceptors (Lipinski definition) is 6. The molecule has 8 heteroatoms. The third-order valence-electron chi connectivity index (χ3n) is 6.93. The summed E-state index contributed by atoms with van der Waals surface area (Å²) >= 11 is 0. The summed E-state index contributed by atoms with van der Waals surface area (Å²) in [5, 5.41) is 9.29. The number of nitrogens with one attached hydrogen (secondary N) is 2. The van der Waals surface area contributed by atoms with Crippen LogP contribution in [-0.2, 0) is 11.3 Å². The number of anilines is 1. The molecule has 4 heterocycles. The fourth-order valence-corrected chi connectivity index (χ4v) is 5.23. The molecule has 5 rings (SSSR count). The standard InChI is InChI=1S/C27H31N7O/c1-18(31-15-20-8-10-28-11-9-20)25-19(2)33-23(26(25)21-6-4-3-5-7-21)14-22-16-32-34(27(22)35)24-17-29-12-13-30-24/h8-14,16-18,21,31,33H,3-7,15H2,1-2H3/b22-14+. The van der Waals surface area contributed by atoms with E-state index in [0.717, 1.165) is 17.9 Å². The lowest BCUT2D eigenvalue weighted by Crippen LogP contribution is -2.22. The zero-order valence-electron chi connectivity index (χ0n) is 20.2. The number of hydrazone groups is 1. The van der Waals surface area contributed by atoms with Crippen molar-refractivity contribution in [2.75, 3.05) is 5.01 Å². The number of carbonyl (C=O) groups is 1. The minimum absolute atomic E-state index is 0.160. The van der Waals surface area contributed by atoms with E-state index in [0.29, 0.717) is 17.3 Å². The summed E-state index contributed by atoms with van der Waals surface area (Å²) in [5.41, 5.74) is 6.55. The van der Waals surface area contributed by atoms with Crippen LogP contribution in [0.3, 0.4) is 0 Å². The summed E-state index contributed by atoms with van der Waals surface area (Å²) in [4.78, 5) is 29.1. The Bertz CT molecular complexity index is 1230. The summed E-state index contributed by atoms with van der Waals surface area (Å²) in [5.74, 6) is 0.699. The van der Waals surface area contributed by atoms with Gasteiger partial charge in [0, 0.05) is 48.8 Å². The minimum Gasteiger partial charge on any atom is -0.359 e. The summed E-state index contributed by atoms with van der Waals surface area (Å²) in [6, 6.07) is 4.23. The van der Waals surface area contributed by atoms with Gasteiger partial charge >= 0.3 is 0 Å². The highest BCUT2D eigenvalue weighted by Gasteiger charge is 2.29. The van der Waals surface area contributed by atoms with Gasteiger partial charge in [0.05, 0.1) is 18.0 Å². The van der Waals surface area contributed by atoms with Gasteiger partial charge in [-0.1, -0.05) is 19.3 Å². The van der Waals surface area contributed by atoms with Gasteiger partial charge in [-0.2, -0.15) is 10.1 Å². The lowest BCUT2D eigenvalue weighted by atomic mass is 9.80. The molecule has 0 radical (unpaired) electrons. The van der Waals surface area contributed by atoms with Crippen LogP contribution in [0.4, 0.5) is 5.82 Å². The average Bonchev–Trinajstić information content (AvgIpc) is 3.43. The molecule has 1 atom stereocenters. The molecular formula is C27H31N7O. The number of rotatable bonds is 7. The van der Waals surface area contributed by atoms with Crippen LogP contribution in [-0.4, -0.2) is 32.1 Å². The highest BCUT2D eigenvalue weighted by atomic mass is 16.2. The van der Waals surface area contributed by atoms with Gasteiger partial charge in [-0.15, -0.1) is 0 Å². The van der Waals surface area contributed by atoms with Crippen molar-refractivity contribution in [3.05, 3.63) is 76.8 Å². The Morgan fingerprint density at radius 2 is 1.94 bits per heavy atom. The molecule has 2 N–H and O–H groups in total. The van der Waals surface area contributed by atoms with E-state index in [1.807, 2.05) is 30.6 Å². The molecule has 0 saturated heterocycles. The maximum absolute atomic E-state index is 13.1. The average molecular weight is 470 g/mol. The fourth-order valence-electron chi connectivity index (χ4n) is 5.23. The molecule has 0 aromatic carbocycles. The molecule has 1 saturated carbocycles. The zero-order valence-corrected chi connectivity index (χ0v) is 20.2. The Balaban J connectivity index is 1.46. The van der Waals surface area contributed by atoms with Crippen molar-refractivity contribution in [2.24, 2.45) is 5.10 Å². The van der Waals surface area contributed by atoms with Gasteiger partial charge < -0.3 is 10.3 Å². The normalized spacial score (nSPS) is 18.5. The Kier molecular flexibility index (Phi) is 6.81. The molecule has 180 valence electrons. The van der Waals surface area contributed by atoms with Crippen LogP contribution in [0.25, 0.3) is 6.08 Å². The van der Waals surface area contributed by atoms with Gasteiger partial charge in [0.1, 0.15) is 0 Å². The second-order valence-corrected chi connectivity index (χ2v) is 9.31. The van der Waals surface area contributed by atoms with E-state index in [1.165, 1.54) is 53.8 Å². The first-order valence-corrected chi connectivity index (χ1v) is 12.3. The van der Waals surface area contributed by atoms with E-state index < -0.39 is 0 Å². The smallest absolute Gasteiger partial charge is 0.281 e. The van der Waals surface area contributed by atoms with Gasteiger partial charge in [0.25, 0.3) is 5.91 Å². The lowest BCUT2D eigenvalue weighted by molar-refractivity contribution is -0.114. The fraction of sp³-hybridized carbons (Fsp3) is 0.370. The van der Waals surface area contributed by atoms with Gasteiger partial charge in [-0.25, -0.2) is 4.98 Å². The maximum Gasteiger partial charge on any atom is 0.281 e.